The lowest BCUT2D eigenvalue weighted by Crippen LogP contribution is -2.69. The van der Waals surface area contributed by atoms with Crippen molar-refractivity contribution in [1.29, 1.82) is 0 Å². The molecule has 0 aromatic rings. The zero-order valence-corrected chi connectivity index (χ0v) is 11.7. The number of piperidine rings is 1. The molecule has 2 heterocycles. The number of carbonyl (C=O) groups excluding carboxylic acids is 1. The Labute approximate surface area is 105 Å². The van der Waals surface area contributed by atoms with Crippen LogP contribution in [-0.2, 0) is 4.79 Å². The van der Waals surface area contributed by atoms with Crippen LogP contribution in [-0.4, -0.2) is 47.4 Å². The predicted octanol–water partition coefficient (Wildman–Crippen LogP) is 2.12. The summed E-state index contributed by atoms with van der Waals surface area (Å²) in [6.07, 6.45) is 3.46. The van der Waals surface area contributed by atoms with E-state index in [0.29, 0.717) is 18.0 Å². The highest BCUT2D eigenvalue weighted by Crippen LogP contribution is 2.41. The van der Waals surface area contributed by atoms with Crippen LogP contribution in [0, 0.1) is 5.41 Å². The van der Waals surface area contributed by atoms with Crippen LogP contribution in [0.15, 0.2) is 0 Å². The predicted molar refractivity (Wildman–Crippen MR) is 69.8 cm³/mol. The molecule has 0 aliphatic carbocycles. The molecule has 2 atom stereocenters. The second-order valence-corrected chi connectivity index (χ2v) is 6.14. The van der Waals surface area contributed by atoms with Crippen molar-refractivity contribution in [2.75, 3.05) is 19.6 Å². The molecule has 0 bridgehead atoms. The lowest BCUT2D eigenvalue weighted by Gasteiger charge is -2.55. The van der Waals surface area contributed by atoms with Crippen LogP contribution in [0.5, 0.6) is 0 Å². The van der Waals surface area contributed by atoms with E-state index < -0.39 is 0 Å². The number of rotatable bonds is 3. The first-order valence-electron chi connectivity index (χ1n) is 7.05. The Bertz CT molecular complexity index is 303. The van der Waals surface area contributed by atoms with E-state index in [0.717, 1.165) is 19.5 Å². The lowest BCUT2D eigenvalue weighted by atomic mass is 9.71. The van der Waals surface area contributed by atoms with Crippen LogP contribution in [0.1, 0.15) is 47.0 Å². The third-order valence-electron chi connectivity index (χ3n) is 4.63. The minimum Gasteiger partial charge on any atom is -0.339 e. The van der Waals surface area contributed by atoms with Crippen molar-refractivity contribution in [3.05, 3.63) is 0 Å². The monoisotopic (exact) mass is 238 g/mol. The van der Waals surface area contributed by atoms with Crippen molar-refractivity contribution in [2.24, 2.45) is 5.41 Å². The molecule has 2 aliphatic rings. The second kappa shape index (κ2) is 4.60. The van der Waals surface area contributed by atoms with Crippen LogP contribution in [0.2, 0.25) is 0 Å². The van der Waals surface area contributed by atoms with Gasteiger partial charge in [-0.05, 0) is 46.6 Å². The van der Waals surface area contributed by atoms with E-state index in [2.05, 4.69) is 32.6 Å². The van der Waals surface area contributed by atoms with Gasteiger partial charge in [-0.3, -0.25) is 9.69 Å². The molecule has 3 heteroatoms. The number of β-lactam (4-membered cyclic amide) rings is 1. The molecule has 1 spiro atoms. The zero-order chi connectivity index (χ0) is 12.6. The fraction of sp³-hybridized carbons (Fsp3) is 0.929. The number of hydrogen-bond acceptors (Lipinski definition) is 2. The van der Waals surface area contributed by atoms with Crippen molar-refractivity contribution in [3.8, 4) is 0 Å². The van der Waals surface area contributed by atoms with Crippen LogP contribution in [0.4, 0.5) is 0 Å². The third kappa shape index (κ3) is 2.10. The third-order valence-corrected chi connectivity index (χ3v) is 4.63. The average Bonchev–Trinajstić information content (AvgIpc) is 2.34. The molecule has 1 amide bonds. The highest BCUT2D eigenvalue weighted by Gasteiger charge is 2.54. The van der Waals surface area contributed by atoms with Crippen molar-refractivity contribution in [3.63, 3.8) is 0 Å². The van der Waals surface area contributed by atoms with E-state index in [1.54, 1.807) is 0 Å². The molecular weight excluding hydrogens is 212 g/mol. The van der Waals surface area contributed by atoms with Gasteiger partial charge in [0.15, 0.2) is 0 Å². The maximum absolute atomic E-state index is 12.3. The summed E-state index contributed by atoms with van der Waals surface area (Å²) >= 11 is 0. The largest absolute Gasteiger partial charge is 0.339 e. The van der Waals surface area contributed by atoms with Crippen LogP contribution in [0.25, 0.3) is 0 Å². The summed E-state index contributed by atoms with van der Waals surface area (Å²) in [6.45, 7) is 11.9. The molecular formula is C14H26N2O. The first-order chi connectivity index (χ1) is 8.00. The number of likely N-dealkylation sites (tertiary alicyclic amines) is 2. The van der Waals surface area contributed by atoms with E-state index in [1.165, 1.54) is 19.4 Å². The fourth-order valence-corrected chi connectivity index (χ4v) is 3.20. The number of amides is 1. The summed E-state index contributed by atoms with van der Waals surface area (Å²) in [6, 6.07) is 0.986. The minimum atomic E-state index is -0.0219. The highest BCUT2D eigenvalue weighted by molar-refractivity contribution is 5.89. The van der Waals surface area contributed by atoms with Crippen molar-refractivity contribution >= 4 is 5.91 Å². The number of hydrogen-bond donors (Lipinski definition) is 0. The summed E-state index contributed by atoms with van der Waals surface area (Å²) in [4.78, 5) is 16.9. The Kier molecular flexibility index (Phi) is 3.48. The molecule has 3 nitrogen and oxygen atoms in total. The van der Waals surface area contributed by atoms with Gasteiger partial charge in [0.2, 0.25) is 5.91 Å². The molecule has 2 fully saturated rings. The Morgan fingerprint density at radius 3 is 2.53 bits per heavy atom. The Balaban J connectivity index is 2.01. The van der Waals surface area contributed by atoms with Gasteiger partial charge in [-0.1, -0.05) is 6.92 Å². The SMILES string of the molecule is CC[C@@H](C)N1CCC[C@]2(CN(C(C)C)C2=O)C1. The summed E-state index contributed by atoms with van der Waals surface area (Å²) in [5, 5.41) is 0. The molecule has 0 radical (unpaired) electrons. The normalized spacial score (nSPS) is 32.1. The summed E-state index contributed by atoms with van der Waals surface area (Å²) < 4.78 is 0. The average molecular weight is 238 g/mol. The summed E-state index contributed by atoms with van der Waals surface area (Å²) in [5.41, 5.74) is -0.0219. The fourth-order valence-electron chi connectivity index (χ4n) is 3.20. The molecule has 2 aliphatic heterocycles. The molecule has 0 unspecified atom stereocenters. The molecule has 98 valence electrons. The Morgan fingerprint density at radius 1 is 1.29 bits per heavy atom. The highest BCUT2D eigenvalue weighted by atomic mass is 16.2. The van der Waals surface area contributed by atoms with E-state index in [-0.39, 0.29) is 5.41 Å². The second-order valence-electron chi connectivity index (χ2n) is 6.14. The Morgan fingerprint density at radius 2 is 2.00 bits per heavy atom. The molecule has 2 saturated heterocycles. The molecule has 0 saturated carbocycles. The zero-order valence-electron chi connectivity index (χ0n) is 11.7. The first kappa shape index (κ1) is 12.9. The first-order valence-corrected chi connectivity index (χ1v) is 7.05. The van der Waals surface area contributed by atoms with Gasteiger partial charge < -0.3 is 4.90 Å². The summed E-state index contributed by atoms with van der Waals surface area (Å²) in [5.74, 6) is 0.403. The Hall–Kier alpha value is -0.570. The van der Waals surface area contributed by atoms with E-state index in [9.17, 15) is 4.79 Å². The maximum Gasteiger partial charge on any atom is 0.232 e. The number of carbonyl (C=O) groups is 1. The van der Waals surface area contributed by atoms with Gasteiger partial charge in [0.25, 0.3) is 0 Å². The molecule has 0 N–H and O–H groups in total. The standard InChI is InChI=1S/C14H26N2O/c1-5-12(4)15-8-6-7-14(9-15)10-16(11(2)3)13(14)17/h11-12H,5-10H2,1-4H3/t12-,14-/m1/s1. The van der Waals surface area contributed by atoms with Crippen molar-refractivity contribution < 1.29 is 4.79 Å². The van der Waals surface area contributed by atoms with E-state index in [1.807, 2.05) is 4.90 Å². The van der Waals surface area contributed by atoms with Gasteiger partial charge in [0.1, 0.15) is 0 Å². The van der Waals surface area contributed by atoms with Crippen molar-refractivity contribution in [1.82, 2.24) is 9.80 Å². The van der Waals surface area contributed by atoms with Crippen molar-refractivity contribution in [2.45, 2.75) is 59.0 Å². The molecule has 17 heavy (non-hydrogen) atoms. The molecule has 2 rings (SSSR count). The minimum absolute atomic E-state index is 0.0219. The number of nitrogens with zero attached hydrogens (tertiary/aromatic N) is 2. The van der Waals surface area contributed by atoms with E-state index in [4.69, 9.17) is 0 Å². The topological polar surface area (TPSA) is 23.6 Å². The van der Waals surface area contributed by atoms with Gasteiger partial charge in [-0.15, -0.1) is 0 Å². The van der Waals surface area contributed by atoms with Crippen LogP contribution >= 0.6 is 0 Å². The van der Waals surface area contributed by atoms with Gasteiger partial charge in [0.05, 0.1) is 5.41 Å². The van der Waals surface area contributed by atoms with Crippen LogP contribution in [0.3, 0.4) is 0 Å². The van der Waals surface area contributed by atoms with Gasteiger partial charge in [0, 0.05) is 25.2 Å². The van der Waals surface area contributed by atoms with Gasteiger partial charge >= 0.3 is 0 Å². The smallest absolute Gasteiger partial charge is 0.232 e. The van der Waals surface area contributed by atoms with Gasteiger partial charge in [-0.2, -0.15) is 0 Å². The summed E-state index contributed by atoms with van der Waals surface area (Å²) in [7, 11) is 0. The molecule has 0 aromatic heterocycles. The quantitative estimate of drug-likeness (QED) is 0.703. The molecule has 0 aromatic carbocycles. The van der Waals surface area contributed by atoms with E-state index >= 15 is 0 Å². The van der Waals surface area contributed by atoms with Gasteiger partial charge in [-0.25, -0.2) is 0 Å². The maximum atomic E-state index is 12.3. The lowest BCUT2D eigenvalue weighted by molar-refractivity contribution is -0.170. The van der Waals surface area contributed by atoms with Crippen LogP contribution < -0.4 is 0 Å².